The van der Waals surface area contributed by atoms with Crippen molar-refractivity contribution in [2.24, 2.45) is 17.3 Å². The number of carbonyl (C=O) groups excluding carboxylic acids is 6. The molecule has 6 N–H and O–H groups in total. The van der Waals surface area contributed by atoms with Gasteiger partial charge in [-0.25, -0.2) is 4.79 Å². The summed E-state index contributed by atoms with van der Waals surface area (Å²) in [6, 6.07) is 10.9. The number of nitrogens with one attached hydrogen (secondary N) is 6. The van der Waals surface area contributed by atoms with Crippen molar-refractivity contribution < 1.29 is 52.3 Å². The molecule has 0 aromatic heterocycles. The Balaban J connectivity index is 1.08. The van der Waals surface area contributed by atoms with Crippen LogP contribution in [0.15, 0.2) is 48.5 Å². The molecule has 390 valence electrons. The van der Waals surface area contributed by atoms with Gasteiger partial charge in [-0.1, -0.05) is 63.6 Å². The summed E-state index contributed by atoms with van der Waals surface area (Å²) in [7, 11) is -0.669. The number of ether oxygens (including phenoxy) is 3. The minimum Gasteiger partial charge on any atom is -0.444 e. The highest BCUT2D eigenvalue weighted by Crippen LogP contribution is 2.65. The van der Waals surface area contributed by atoms with E-state index in [9.17, 15) is 28.8 Å². The zero-order valence-electron chi connectivity index (χ0n) is 43.4. The predicted octanol–water partition coefficient (Wildman–Crippen LogP) is 5.56. The molecule has 2 aliphatic heterocycles. The van der Waals surface area contributed by atoms with Crippen LogP contribution in [0.4, 0.5) is 4.79 Å². The van der Waals surface area contributed by atoms with Gasteiger partial charge in [0.1, 0.15) is 29.8 Å². The van der Waals surface area contributed by atoms with Crippen LogP contribution in [0.2, 0.25) is 0 Å². The third kappa shape index (κ3) is 14.8. The van der Waals surface area contributed by atoms with E-state index in [1.165, 1.54) is 12.5 Å². The van der Waals surface area contributed by atoms with Gasteiger partial charge < -0.3 is 55.4 Å². The molecule has 5 aliphatic rings. The first-order valence-corrected chi connectivity index (χ1v) is 25.9. The molecule has 0 radical (unpaired) electrons. The zero-order valence-corrected chi connectivity index (χ0v) is 43.4. The molecular formula is C53H79BN6O11. The second-order valence-electron chi connectivity index (χ2n) is 21.7. The molecular weight excluding hydrogens is 907 g/mol. The van der Waals surface area contributed by atoms with Crippen LogP contribution in [0.25, 0.3) is 11.1 Å². The molecule has 2 aromatic carbocycles. The topological polar surface area (TPSA) is 221 Å². The van der Waals surface area contributed by atoms with Gasteiger partial charge in [-0.05, 0) is 145 Å². The highest BCUT2D eigenvalue weighted by atomic mass is 16.7. The number of benzene rings is 2. The summed E-state index contributed by atoms with van der Waals surface area (Å²) in [5, 5.41) is 16.7. The van der Waals surface area contributed by atoms with Crippen LogP contribution in [0.3, 0.4) is 0 Å². The lowest BCUT2D eigenvalue weighted by Gasteiger charge is -2.64. The van der Waals surface area contributed by atoms with Gasteiger partial charge in [-0.15, -0.1) is 0 Å². The van der Waals surface area contributed by atoms with Crippen molar-refractivity contribution in [2.45, 2.75) is 174 Å². The maximum Gasteiger partial charge on any atom is 0.481 e. The number of rotatable bonds is 16. The molecule has 17 nitrogen and oxygen atoms in total. The Morgan fingerprint density at radius 2 is 1.52 bits per heavy atom. The van der Waals surface area contributed by atoms with E-state index in [0.717, 1.165) is 43.2 Å². The van der Waals surface area contributed by atoms with Crippen LogP contribution < -0.4 is 31.9 Å². The van der Waals surface area contributed by atoms with Crippen molar-refractivity contribution in [3.63, 3.8) is 0 Å². The largest absolute Gasteiger partial charge is 0.481 e. The fourth-order valence-electron chi connectivity index (χ4n) is 10.2. The Morgan fingerprint density at radius 1 is 0.859 bits per heavy atom. The Morgan fingerprint density at radius 3 is 2.17 bits per heavy atom. The van der Waals surface area contributed by atoms with Crippen molar-refractivity contribution >= 4 is 42.7 Å². The molecule has 71 heavy (non-hydrogen) atoms. The van der Waals surface area contributed by atoms with E-state index in [-0.39, 0.29) is 50.9 Å². The second-order valence-corrected chi connectivity index (χ2v) is 21.7. The summed E-state index contributed by atoms with van der Waals surface area (Å²) in [6.07, 6.45) is 6.80. The number of amides is 6. The molecule has 9 atom stereocenters. The lowest BCUT2D eigenvalue weighted by molar-refractivity contribution is -0.199. The zero-order chi connectivity index (χ0) is 51.5. The third-order valence-electron chi connectivity index (χ3n) is 14.6. The van der Waals surface area contributed by atoms with E-state index in [1.54, 1.807) is 32.9 Å². The summed E-state index contributed by atoms with van der Waals surface area (Å²) >= 11 is 0. The summed E-state index contributed by atoms with van der Waals surface area (Å²) < 4.78 is 30.1. The third-order valence-corrected chi connectivity index (χ3v) is 14.6. The normalized spacial score (nSPS) is 26.6. The number of hydrogen-bond acceptors (Lipinski definition) is 11. The smallest absolute Gasteiger partial charge is 0.444 e. The average Bonchev–Trinajstić information content (AvgIpc) is 3.69. The van der Waals surface area contributed by atoms with E-state index >= 15 is 0 Å². The SMILES string of the molecule is CCCCc1ccc(-c2ccc(C(=O)N[C@@H](CCCCNC(=O)OC(C)(C)C)C(=O)N[C@H]3COCCCCOC[C@@H](C(=O)N[C@@H](C)B4O[C@@H]5C[C@@H]6C[C@@H](C6(C)C)[C@]5(C)O4)NC(=O)[C@H](C)NC3=O)cc2)cc1. The van der Waals surface area contributed by atoms with E-state index in [0.29, 0.717) is 43.1 Å². The fourth-order valence-corrected chi connectivity index (χ4v) is 10.2. The van der Waals surface area contributed by atoms with Gasteiger partial charge in [0.05, 0.1) is 30.9 Å². The molecule has 3 aliphatic carbocycles. The lowest BCUT2D eigenvalue weighted by Crippen LogP contribution is -2.65. The van der Waals surface area contributed by atoms with Crippen LogP contribution in [0.5, 0.6) is 0 Å². The molecule has 2 heterocycles. The van der Waals surface area contributed by atoms with Crippen LogP contribution in [-0.4, -0.2) is 123 Å². The van der Waals surface area contributed by atoms with Crippen molar-refractivity contribution in [2.75, 3.05) is 33.0 Å². The van der Waals surface area contributed by atoms with Gasteiger partial charge in [-0.3, -0.25) is 24.0 Å². The number of unbranched alkanes of at least 4 members (excludes halogenated alkanes) is 2. The van der Waals surface area contributed by atoms with Crippen LogP contribution in [-0.2, 0) is 49.1 Å². The number of carbonyl (C=O) groups is 6. The van der Waals surface area contributed by atoms with Crippen LogP contribution >= 0.6 is 0 Å². The molecule has 2 saturated heterocycles. The maximum absolute atomic E-state index is 14.2. The van der Waals surface area contributed by atoms with Gasteiger partial charge >= 0.3 is 13.2 Å². The maximum atomic E-state index is 14.2. The van der Waals surface area contributed by atoms with Crippen LogP contribution in [0.1, 0.15) is 136 Å². The van der Waals surface area contributed by atoms with Crippen molar-refractivity contribution in [1.29, 1.82) is 0 Å². The van der Waals surface area contributed by atoms with E-state index < -0.39 is 84.1 Å². The number of hydrogen-bond donors (Lipinski definition) is 6. The Bertz CT molecular complexity index is 2150. The van der Waals surface area contributed by atoms with Gasteiger partial charge in [0.2, 0.25) is 23.6 Å². The Hall–Kier alpha value is -5.04. The molecule has 7 rings (SSSR count). The quantitative estimate of drug-likeness (QED) is 0.0903. The van der Waals surface area contributed by atoms with Crippen LogP contribution in [0, 0.1) is 17.3 Å². The summed E-state index contributed by atoms with van der Waals surface area (Å²) in [5.41, 5.74) is 2.60. The minimum atomic E-state index is -1.26. The molecule has 2 aromatic rings. The molecule has 2 bridgehead atoms. The molecule has 18 heteroatoms. The first kappa shape index (κ1) is 55.3. The van der Waals surface area contributed by atoms with Gasteiger partial charge in [0.25, 0.3) is 5.91 Å². The highest BCUT2D eigenvalue weighted by Gasteiger charge is 2.68. The molecule has 3 saturated carbocycles. The molecule has 0 unspecified atom stereocenters. The Kier molecular flexibility index (Phi) is 19.1. The van der Waals surface area contributed by atoms with Gasteiger partial charge in [0, 0.05) is 25.3 Å². The van der Waals surface area contributed by atoms with Crippen molar-refractivity contribution in [3.8, 4) is 11.1 Å². The lowest BCUT2D eigenvalue weighted by atomic mass is 9.43. The number of aryl methyl sites for hydroxylation is 1. The standard InChI is InChI=1S/C53H79BN6O11/c1-10-11-16-35-18-20-36(21-19-35)37-22-24-38(25-23-37)46(62)58-40(17-12-13-26-55-50(66)69-51(4,5)6)47(63)60-41-31-67-27-14-15-28-68-32-42(59-45(61)33(2)56-48(41)64)49(65)57-34(3)54-70-44-30-39-29-43(52(39,7)8)53(44,9)71-54/h18-25,33-34,39-44H,10-17,26-32H2,1-9H3,(H,55,66)(H,56,64)(H,57,65)(H,58,62)(H,59,61)(H,60,63)/t33-,34-,39-,40-,41-,42-,43-,44+,53-/m0/s1. The second kappa shape index (κ2) is 24.6. The predicted molar refractivity (Wildman–Crippen MR) is 270 cm³/mol. The van der Waals surface area contributed by atoms with E-state index in [2.05, 4.69) is 83.9 Å². The summed E-state index contributed by atoms with van der Waals surface area (Å²) in [6.45, 7) is 17.9. The molecule has 5 fully saturated rings. The Labute approximate surface area is 420 Å². The first-order valence-electron chi connectivity index (χ1n) is 25.9. The average molecular weight is 987 g/mol. The van der Waals surface area contributed by atoms with Gasteiger partial charge in [0.15, 0.2) is 0 Å². The van der Waals surface area contributed by atoms with E-state index in [4.69, 9.17) is 23.5 Å². The molecule has 0 spiro atoms. The first-order chi connectivity index (χ1) is 33.7. The summed E-state index contributed by atoms with van der Waals surface area (Å²) in [5.74, 6) is -2.58. The molecule has 6 amide bonds. The number of alkyl carbamates (subject to hydrolysis) is 1. The van der Waals surface area contributed by atoms with Gasteiger partial charge in [-0.2, -0.15) is 0 Å². The highest BCUT2D eigenvalue weighted by molar-refractivity contribution is 6.47. The summed E-state index contributed by atoms with van der Waals surface area (Å²) in [4.78, 5) is 81.7. The minimum absolute atomic E-state index is 0.0656. The van der Waals surface area contributed by atoms with Crippen molar-refractivity contribution in [1.82, 2.24) is 31.9 Å². The fraction of sp³-hybridized carbons (Fsp3) is 0.660. The monoisotopic (exact) mass is 987 g/mol. The van der Waals surface area contributed by atoms with E-state index in [1.807, 2.05) is 19.1 Å². The van der Waals surface area contributed by atoms with Crippen molar-refractivity contribution in [3.05, 3.63) is 59.7 Å².